The zero-order valence-corrected chi connectivity index (χ0v) is 10.1. The normalized spacial score (nSPS) is 10.4. The summed E-state index contributed by atoms with van der Waals surface area (Å²) in [4.78, 5) is 17.3. The van der Waals surface area contributed by atoms with Gasteiger partial charge in [-0.3, -0.25) is 10.1 Å². The fourth-order valence-corrected chi connectivity index (χ4v) is 1.66. The van der Waals surface area contributed by atoms with E-state index in [-0.39, 0.29) is 21.6 Å². The third kappa shape index (κ3) is 2.39. The highest BCUT2D eigenvalue weighted by Crippen LogP contribution is 2.31. The van der Waals surface area contributed by atoms with E-state index in [1.165, 1.54) is 12.1 Å². The van der Waals surface area contributed by atoms with E-state index >= 15 is 0 Å². The molecular formula is C10H4Cl2FN3O2. The molecule has 0 atom stereocenters. The van der Waals surface area contributed by atoms with Crippen LogP contribution in [0, 0.1) is 15.9 Å². The standard InChI is InChI=1S/C10H4Cl2FN3O2/c11-5-1-2-6(7(13)3-5)9-8(16(17)18)4-14-10(12)15-9/h1-4H. The molecule has 0 spiro atoms. The molecule has 0 aliphatic heterocycles. The second kappa shape index (κ2) is 4.83. The van der Waals surface area contributed by atoms with Crippen molar-refractivity contribution in [1.82, 2.24) is 9.97 Å². The van der Waals surface area contributed by atoms with Crippen LogP contribution in [0.5, 0.6) is 0 Å². The summed E-state index contributed by atoms with van der Waals surface area (Å²) in [5, 5.41) is 10.8. The first kappa shape index (κ1) is 12.7. The molecule has 0 aliphatic rings. The summed E-state index contributed by atoms with van der Waals surface area (Å²) in [6.45, 7) is 0. The molecule has 5 nitrogen and oxygen atoms in total. The summed E-state index contributed by atoms with van der Waals surface area (Å²) in [5.74, 6) is -0.722. The van der Waals surface area contributed by atoms with E-state index in [9.17, 15) is 14.5 Å². The van der Waals surface area contributed by atoms with E-state index in [0.717, 1.165) is 12.3 Å². The zero-order chi connectivity index (χ0) is 13.3. The van der Waals surface area contributed by atoms with Crippen LogP contribution in [0.1, 0.15) is 0 Å². The molecule has 0 saturated carbocycles. The topological polar surface area (TPSA) is 68.9 Å². The van der Waals surface area contributed by atoms with Gasteiger partial charge in [-0.1, -0.05) is 11.6 Å². The first-order chi connectivity index (χ1) is 8.49. The summed E-state index contributed by atoms with van der Waals surface area (Å²) < 4.78 is 13.7. The van der Waals surface area contributed by atoms with Crippen molar-refractivity contribution in [1.29, 1.82) is 0 Å². The molecule has 0 bridgehead atoms. The smallest absolute Gasteiger partial charge is 0.258 e. The summed E-state index contributed by atoms with van der Waals surface area (Å²) in [5.41, 5.74) is -0.676. The summed E-state index contributed by atoms with van der Waals surface area (Å²) in [6.07, 6.45) is 0.929. The van der Waals surface area contributed by atoms with Crippen LogP contribution in [0.4, 0.5) is 10.1 Å². The molecule has 1 heterocycles. The first-order valence-corrected chi connectivity index (χ1v) is 5.37. The molecule has 8 heteroatoms. The number of hydrogen-bond donors (Lipinski definition) is 0. The van der Waals surface area contributed by atoms with Crippen LogP contribution in [0.3, 0.4) is 0 Å². The van der Waals surface area contributed by atoms with Crippen LogP contribution < -0.4 is 0 Å². The van der Waals surface area contributed by atoms with Crippen molar-refractivity contribution in [2.75, 3.05) is 0 Å². The largest absolute Gasteiger partial charge is 0.313 e. The van der Waals surface area contributed by atoms with Gasteiger partial charge in [-0.15, -0.1) is 0 Å². The molecule has 0 N–H and O–H groups in total. The quantitative estimate of drug-likeness (QED) is 0.482. The van der Waals surface area contributed by atoms with Gasteiger partial charge in [0.05, 0.1) is 4.92 Å². The number of nitrogens with zero attached hydrogens (tertiary/aromatic N) is 3. The van der Waals surface area contributed by atoms with Gasteiger partial charge in [-0.25, -0.2) is 14.4 Å². The van der Waals surface area contributed by atoms with E-state index in [1.807, 2.05) is 0 Å². The number of nitro groups is 1. The van der Waals surface area contributed by atoms with Gasteiger partial charge in [0.15, 0.2) is 5.69 Å². The maximum Gasteiger partial charge on any atom is 0.313 e. The maximum absolute atomic E-state index is 13.7. The van der Waals surface area contributed by atoms with E-state index in [0.29, 0.717) is 0 Å². The number of halogens is 3. The van der Waals surface area contributed by atoms with Crippen molar-refractivity contribution >= 4 is 28.9 Å². The molecule has 1 aromatic heterocycles. The molecule has 0 fully saturated rings. The number of benzene rings is 1. The number of hydrogen-bond acceptors (Lipinski definition) is 4. The van der Waals surface area contributed by atoms with Gasteiger partial charge >= 0.3 is 5.69 Å². The van der Waals surface area contributed by atoms with E-state index in [2.05, 4.69) is 9.97 Å². The average Bonchev–Trinajstić information content (AvgIpc) is 2.28. The SMILES string of the molecule is O=[N+]([O-])c1cnc(Cl)nc1-c1ccc(Cl)cc1F. The highest BCUT2D eigenvalue weighted by atomic mass is 35.5. The van der Waals surface area contributed by atoms with Gasteiger partial charge in [0, 0.05) is 10.6 Å². The van der Waals surface area contributed by atoms with Crippen molar-refractivity contribution in [3.8, 4) is 11.3 Å². The summed E-state index contributed by atoms with van der Waals surface area (Å²) >= 11 is 11.2. The van der Waals surface area contributed by atoms with Gasteiger partial charge in [0.1, 0.15) is 12.0 Å². The third-order valence-electron chi connectivity index (χ3n) is 2.12. The fraction of sp³-hybridized carbons (Fsp3) is 0. The Kier molecular flexibility index (Phi) is 3.40. The molecule has 2 aromatic rings. The Balaban J connectivity index is 2.69. The fourth-order valence-electron chi connectivity index (χ4n) is 1.37. The molecule has 0 amide bonds. The minimum Gasteiger partial charge on any atom is -0.258 e. The van der Waals surface area contributed by atoms with Crippen molar-refractivity contribution < 1.29 is 9.31 Å². The van der Waals surface area contributed by atoms with Gasteiger partial charge in [0.25, 0.3) is 0 Å². The predicted molar refractivity (Wildman–Crippen MR) is 64.1 cm³/mol. The molecular weight excluding hydrogens is 284 g/mol. The van der Waals surface area contributed by atoms with Gasteiger partial charge in [-0.05, 0) is 29.8 Å². The lowest BCUT2D eigenvalue weighted by Gasteiger charge is -2.04. The molecule has 0 saturated heterocycles. The zero-order valence-electron chi connectivity index (χ0n) is 8.60. The van der Waals surface area contributed by atoms with Crippen LogP contribution in [0.15, 0.2) is 24.4 Å². The summed E-state index contributed by atoms with van der Waals surface area (Å²) in [7, 11) is 0. The predicted octanol–water partition coefficient (Wildman–Crippen LogP) is 3.50. The highest BCUT2D eigenvalue weighted by molar-refractivity contribution is 6.30. The molecule has 18 heavy (non-hydrogen) atoms. The Hall–Kier alpha value is -1.79. The Morgan fingerprint density at radius 1 is 1.33 bits per heavy atom. The van der Waals surface area contributed by atoms with Crippen LogP contribution in [-0.2, 0) is 0 Å². The van der Waals surface area contributed by atoms with E-state index in [4.69, 9.17) is 23.2 Å². The Morgan fingerprint density at radius 2 is 2.06 bits per heavy atom. The van der Waals surface area contributed by atoms with Crippen LogP contribution in [0.2, 0.25) is 10.3 Å². The maximum atomic E-state index is 13.7. The Labute approximate surface area is 110 Å². The lowest BCUT2D eigenvalue weighted by molar-refractivity contribution is -0.384. The third-order valence-corrected chi connectivity index (χ3v) is 2.54. The molecule has 92 valence electrons. The monoisotopic (exact) mass is 287 g/mol. The Bertz CT molecular complexity index is 637. The number of rotatable bonds is 2. The summed E-state index contributed by atoms with van der Waals surface area (Å²) in [6, 6.07) is 3.74. The van der Waals surface area contributed by atoms with Gasteiger partial charge < -0.3 is 0 Å². The molecule has 2 rings (SSSR count). The lowest BCUT2D eigenvalue weighted by Crippen LogP contribution is -1.98. The molecule has 1 aromatic carbocycles. The minimum atomic E-state index is -0.722. The van der Waals surface area contributed by atoms with Crippen molar-refractivity contribution in [2.24, 2.45) is 0 Å². The average molecular weight is 288 g/mol. The second-order valence-electron chi connectivity index (χ2n) is 3.25. The lowest BCUT2D eigenvalue weighted by atomic mass is 10.1. The first-order valence-electron chi connectivity index (χ1n) is 4.61. The van der Waals surface area contributed by atoms with Crippen molar-refractivity contribution in [3.63, 3.8) is 0 Å². The van der Waals surface area contributed by atoms with E-state index in [1.54, 1.807) is 0 Å². The van der Waals surface area contributed by atoms with Gasteiger partial charge in [-0.2, -0.15) is 0 Å². The molecule has 0 aliphatic carbocycles. The van der Waals surface area contributed by atoms with Crippen LogP contribution in [-0.4, -0.2) is 14.9 Å². The highest BCUT2D eigenvalue weighted by Gasteiger charge is 2.21. The van der Waals surface area contributed by atoms with Crippen molar-refractivity contribution in [3.05, 3.63) is 50.6 Å². The van der Waals surface area contributed by atoms with Crippen LogP contribution in [0.25, 0.3) is 11.3 Å². The van der Waals surface area contributed by atoms with Crippen molar-refractivity contribution in [2.45, 2.75) is 0 Å². The Morgan fingerprint density at radius 3 is 2.67 bits per heavy atom. The number of aromatic nitrogens is 2. The minimum absolute atomic E-state index is 0.0598. The van der Waals surface area contributed by atoms with Crippen LogP contribution >= 0.6 is 23.2 Å². The van der Waals surface area contributed by atoms with E-state index < -0.39 is 16.4 Å². The molecule has 0 radical (unpaired) electrons. The molecule has 0 unspecified atom stereocenters. The van der Waals surface area contributed by atoms with Gasteiger partial charge in [0.2, 0.25) is 5.28 Å². The second-order valence-corrected chi connectivity index (χ2v) is 4.03.